The van der Waals surface area contributed by atoms with Crippen LogP contribution in [0.3, 0.4) is 0 Å². The van der Waals surface area contributed by atoms with Crippen molar-refractivity contribution in [1.82, 2.24) is 16.0 Å². The number of carboxylic acid groups (broad SMARTS) is 1. The lowest BCUT2D eigenvalue weighted by molar-refractivity contribution is -0.139. The third kappa shape index (κ3) is 9.53. The molecule has 1 aromatic rings. The molecule has 1 rings (SSSR count). The maximum absolute atomic E-state index is 12.7. The van der Waals surface area contributed by atoms with Gasteiger partial charge in [0.1, 0.15) is 18.6 Å². The summed E-state index contributed by atoms with van der Waals surface area (Å²) in [6, 6.07) is 5.18. The highest BCUT2D eigenvalue weighted by molar-refractivity contribution is 5.94. The highest BCUT2D eigenvalue weighted by Gasteiger charge is 2.31. The number of hydrogen-bond donors (Lipinski definition) is 7. The molecule has 4 unspecified atom stereocenters. The third-order valence-electron chi connectivity index (χ3n) is 4.42. The second-order valence-corrected chi connectivity index (χ2v) is 7.20. The van der Waals surface area contributed by atoms with Gasteiger partial charge in [0.05, 0.1) is 12.1 Å². The fourth-order valence-electron chi connectivity index (χ4n) is 2.73. The number of carbonyl (C=O) groups is 5. The Kier molecular flexibility index (Phi) is 10.8. The molecule has 0 saturated heterocycles. The first-order valence-electron chi connectivity index (χ1n) is 9.87. The molecule has 0 fully saturated rings. The van der Waals surface area contributed by atoms with Crippen LogP contribution in [0.1, 0.15) is 25.3 Å². The summed E-state index contributed by atoms with van der Waals surface area (Å²) in [5, 5.41) is 25.4. The van der Waals surface area contributed by atoms with E-state index in [4.69, 9.17) is 16.6 Å². The summed E-state index contributed by atoms with van der Waals surface area (Å²) in [4.78, 5) is 59.0. The molecule has 4 atom stereocenters. The van der Waals surface area contributed by atoms with Crippen molar-refractivity contribution in [2.24, 2.45) is 11.5 Å². The summed E-state index contributed by atoms with van der Waals surface area (Å²) < 4.78 is 0. The number of benzene rings is 1. The Morgan fingerprint density at radius 2 is 1.62 bits per heavy atom. The molecule has 0 aliphatic carbocycles. The third-order valence-corrected chi connectivity index (χ3v) is 4.42. The maximum atomic E-state index is 12.7. The summed E-state index contributed by atoms with van der Waals surface area (Å²) in [6.07, 6.45) is -1.62. The van der Waals surface area contributed by atoms with Crippen LogP contribution >= 0.6 is 0 Å². The molecule has 12 heteroatoms. The Labute approximate surface area is 184 Å². The molecular formula is C20H29N5O7. The lowest BCUT2D eigenvalue weighted by atomic mass is 10.0. The van der Waals surface area contributed by atoms with Crippen LogP contribution in [0.4, 0.5) is 0 Å². The highest BCUT2D eigenvalue weighted by Crippen LogP contribution is 2.04. The van der Waals surface area contributed by atoms with Crippen LogP contribution in [0.15, 0.2) is 30.3 Å². The normalized spacial score (nSPS) is 14.3. The standard InChI is InChI=1S/C20H29N5O7/c1-11(26)17(25-18(30)13(21)9-12-5-3-2-4-6-12)20(32)24-14(7-8-15(22)27)19(31)23-10-16(28)29/h2-6,11,13-14,17,26H,7-10,21H2,1H3,(H2,22,27)(H,23,31)(H,24,32)(H,25,30)(H,28,29). The van der Waals surface area contributed by atoms with Crippen molar-refractivity contribution in [2.45, 2.75) is 50.4 Å². The van der Waals surface area contributed by atoms with Gasteiger partial charge in [0, 0.05) is 6.42 Å². The number of nitrogens with one attached hydrogen (secondary N) is 3. The Hall–Kier alpha value is -3.51. The van der Waals surface area contributed by atoms with Gasteiger partial charge in [0.25, 0.3) is 0 Å². The van der Waals surface area contributed by atoms with Gasteiger partial charge >= 0.3 is 5.97 Å². The van der Waals surface area contributed by atoms with Gasteiger partial charge in [-0.3, -0.25) is 24.0 Å². The van der Waals surface area contributed by atoms with Crippen molar-refractivity contribution in [3.05, 3.63) is 35.9 Å². The van der Waals surface area contributed by atoms with Crippen LogP contribution in [-0.2, 0) is 30.4 Å². The molecule has 1 aromatic carbocycles. The zero-order valence-corrected chi connectivity index (χ0v) is 17.6. The van der Waals surface area contributed by atoms with Crippen molar-refractivity contribution in [3.8, 4) is 0 Å². The Morgan fingerprint density at radius 3 is 2.16 bits per heavy atom. The fraction of sp³-hybridized carbons (Fsp3) is 0.450. The Morgan fingerprint density at radius 1 is 1.00 bits per heavy atom. The van der Waals surface area contributed by atoms with Gasteiger partial charge in [-0.1, -0.05) is 30.3 Å². The second-order valence-electron chi connectivity index (χ2n) is 7.20. The molecule has 9 N–H and O–H groups in total. The van der Waals surface area contributed by atoms with E-state index in [1.54, 1.807) is 24.3 Å². The Balaban J connectivity index is 2.83. The zero-order chi connectivity index (χ0) is 24.3. The van der Waals surface area contributed by atoms with Gasteiger partial charge in [-0.15, -0.1) is 0 Å². The second kappa shape index (κ2) is 13.0. The quantitative estimate of drug-likeness (QED) is 0.168. The molecule has 4 amide bonds. The number of primary amides is 1. The molecule has 0 aliphatic rings. The zero-order valence-electron chi connectivity index (χ0n) is 17.6. The molecule has 0 bridgehead atoms. The lowest BCUT2D eigenvalue weighted by Gasteiger charge is -2.25. The van der Waals surface area contributed by atoms with Gasteiger partial charge < -0.3 is 37.6 Å². The van der Waals surface area contributed by atoms with E-state index < -0.39 is 60.4 Å². The molecule has 0 aromatic heterocycles. The predicted molar refractivity (Wildman–Crippen MR) is 113 cm³/mol. The number of hydrogen-bond acceptors (Lipinski definition) is 7. The van der Waals surface area contributed by atoms with E-state index in [0.29, 0.717) is 0 Å². The summed E-state index contributed by atoms with van der Waals surface area (Å²) >= 11 is 0. The van der Waals surface area contributed by atoms with E-state index in [9.17, 15) is 29.1 Å². The highest BCUT2D eigenvalue weighted by atomic mass is 16.4. The van der Waals surface area contributed by atoms with Crippen LogP contribution in [-0.4, -0.2) is 70.6 Å². The number of aliphatic hydroxyl groups excluding tert-OH is 1. The van der Waals surface area contributed by atoms with Gasteiger partial charge in [-0.25, -0.2) is 0 Å². The van der Waals surface area contributed by atoms with Crippen LogP contribution in [0, 0.1) is 0 Å². The fourth-order valence-corrected chi connectivity index (χ4v) is 2.73. The van der Waals surface area contributed by atoms with Crippen molar-refractivity contribution in [1.29, 1.82) is 0 Å². The summed E-state index contributed by atoms with van der Waals surface area (Å²) in [5.41, 5.74) is 11.8. The Bertz CT molecular complexity index is 816. The summed E-state index contributed by atoms with van der Waals surface area (Å²) in [7, 11) is 0. The first-order valence-corrected chi connectivity index (χ1v) is 9.87. The minimum absolute atomic E-state index is 0.194. The monoisotopic (exact) mass is 451 g/mol. The number of nitrogens with two attached hydrogens (primary N) is 2. The largest absolute Gasteiger partial charge is 0.480 e. The van der Waals surface area contributed by atoms with Gasteiger partial charge in [-0.2, -0.15) is 0 Å². The van der Waals surface area contributed by atoms with Crippen LogP contribution in [0.5, 0.6) is 0 Å². The lowest BCUT2D eigenvalue weighted by Crippen LogP contribution is -2.59. The molecule has 32 heavy (non-hydrogen) atoms. The van der Waals surface area contributed by atoms with Gasteiger partial charge in [-0.05, 0) is 25.3 Å². The van der Waals surface area contributed by atoms with E-state index in [-0.39, 0.29) is 19.3 Å². The average molecular weight is 451 g/mol. The van der Waals surface area contributed by atoms with Crippen molar-refractivity contribution in [2.75, 3.05) is 6.54 Å². The molecule has 0 saturated carbocycles. The number of aliphatic hydroxyl groups is 1. The summed E-state index contributed by atoms with van der Waals surface area (Å²) in [6.45, 7) is 0.558. The number of carboxylic acids is 1. The number of carbonyl (C=O) groups excluding carboxylic acids is 4. The molecular weight excluding hydrogens is 422 g/mol. The maximum Gasteiger partial charge on any atom is 0.322 e. The topological polar surface area (TPSA) is 214 Å². The number of aliphatic carboxylic acids is 1. The smallest absolute Gasteiger partial charge is 0.322 e. The van der Waals surface area contributed by atoms with Crippen molar-refractivity contribution in [3.63, 3.8) is 0 Å². The van der Waals surface area contributed by atoms with Crippen molar-refractivity contribution >= 4 is 29.6 Å². The minimum atomic E-state index is -1.45. The molecule has 0 spiro atoms. The number of rotatable bonds is 13. The van der Waals surface area contributed by atoms with Gasteiger partial charge in [0.15, 0.2) is 0 Å². The average Bonchev–Trinajstić information content (AvgIpc) is 2.73. The first-order chi connectivity index (χ1) is 15.0. The van der Waals surface area contributed by atoms with E-state index in [2.05, 4.69) is 16.0 Å². The van der Waals surface area contributed by atoms with E-state index >= 15 is 0 Å². The van der Waals surface area contributed by atoms with Crippen LogP contribution < -0.4 is 27.4 Å². The first kappa shape index (κ1) is 26.5. The predicted octanol–water partition coefficient (Wildman–Crippen LogP) is -2.63. The molecule has 12 nitrogen and oxygen atoms in total. The minimum Gasteiger partial charge on any atom is -0.480 e. The van der Waals surface area contributed by atoms with Crippen LogP contribution in [0.2, 0.25) is 0 Å². The summed E-state index contributed by atoms with van der Waals surface area (Å²) in [5.74, 6) is -4.51. The molecule has 0 heterocycles. The molecule has 0 radical (unpaired) electrons. The SMILES string of the molecule is CC(O)C(NC(=O)C(N)Cc1ccccc1)C(=O)NC(CCC(N)=O)C(=O)NCC(=O)O. The van der Waals surface area contributed by atoms with E-state index in [0.717, 1.165) is 5.56 Å². The van der Waals surface area contributed by atoms with Crippen LogP contribution in [0.25, 0.3) is 0 Å². The van der Waals surface area contributed by atoms with E-state index in [1.165, 1.54) is 6.92 Å². The van der Waals surface area contributed by atoms with Gasteiger partial charge in [0.2, 0.25) is 23.6 Å². The molecule has 0 aliphatic heterocycles. The van der Waals surface area contributed by atoms with Crippen molar-refractivity contribution < 1.29 is 34.2 Å². The van der Waals surface area contributed by atoms with E-state index in [1.807, 2.05) is 6.07 Å². The number of amides is 4. The molecule has 176 valence electrons.